The molecule has 2 aliphatic rings. The molecule has 0 bridgehead atoms. The van der Waals surface area contributed by atoms with Crippen molar-refractivity contribution in [2.24, 2.45) is 5.73 Å². The number of carbonyl (C=O) groups excluding carboxylic acids is 1. The van der Waals surface area contributed by atoms with Crippen LogP contribution in [-0.4, -0.2) is 36.1 Å². The maximum atomic E-state index is 11.0. The van der Waals surface area contributed by atoms with Gasteiger partial charge in [-0.25, -0.2) is 4.79 Å². The molecule has 0 unspecified atom stereocenters. The molecule has 2 fully saturated rings. The SMILES string of the molecule is NC(=O)N1CCC12CCNCC2. The Morgan fingerprint density at radius 3 is 2.42 bits per heavy atom. The number of nitrogens with one attached hydrogen (secondary N) is 1. The fourth-order valence-corrected chi connectivity index (χ4v) is 2.30. The zero-order valence-electron chi connectivity index (χ0n) is 7.18. The van der Waals surface area contributed by atoms with Gasteiger partial charge in [0.2, 0.25) is 0 Å². The van der Waals surface area contributed by atoms with Gasteiger partial charge in [0.25, 0.3) is 0 Å². The summed E-state index contributed by atoms with van der Waals surface area (Å²) in [6.45, 7) is 2.89. The highest BCUT2D eigenvalue weighted by Crippen LogP contribution is 2.37. The zero-order valence-corrected chi connectivity index (χ0v) is 7.18. The van der Waals surface area contributed by atoms with Gasteiger partial charge >= 0.3 is 6.03 Å². The van der Waals surface area contributed by atoms with Crippen LogP contribution in [0.4, 0.5) is 4.79 Å². The summed E-state index contributed by atoms with van der Waals surface area (Å²) in [6.07, 6.45) is 3.27. The summed E-state index contributed by atoms with van der Waals surface area (Å²) in [5.74, 6) is 0. The molecule has 2 heterocycles. The van der Waals surface area contributed by atoms with Crippen LogP contribution < -0.4 is 11.1 Å². The van der Waals surface area contributed by atoms with E-state index >= 15 is 0 Å². The zero-order chi connectivity index (χ0) is 8.60. The lowest BCUT2D eigenvalue weighted by atomic mass is 9.77. The van der Waals surface area contributed by atoms with Crippen LogP contribution in [0.25, 0.3) is 0 Å². The molecule has 68 valence electrons. The molecule has 4 nitrogen and oxygen atoms in total. The lowest BCUT2D eigenvalue weighted by molar-refractivity contribution is 0.00366. The number of rotatable bonds is 0. The van der Waals surface area contributed by atoms with Gasteiger partial charge in [0.1, 0.15) is 0 Å². The molecule has 0 saturated carbocycles. The molecule has 4 heteroatoms. The van der Waals surface area contributed by atoms with Crippen LogP contribution in [-0.2, 0) is 0 Å². The van der Waals surface area contributed by atoms with Crippen LogP contribution in [0.15, 0.2) is 0 Å². The fourth-order valence-electron chi connectivity index (χ4n) is 2.30. The first-order valence-electron chi connectivity index (χ1n) is 4.52. The monoisotopic (exact) mass is 169 g/mol. The van der Waals surface area contributed by atoms with Gasteiger partial charge in [-0.05, 0) is 32.4 Å². The first kappa shape index (κ1) is 7.86. The molecular weight excluding hydrogens is 154 g/mol. The van der Waals surface area contributed by atoms with Crippen molar-refractivity contribution in [1.82, 2.24) is 10.2 Å². The Morgan fingerprint density at radius 1 is 1.33 bits per heavy atom. The molecule has 12 heavy (non-hydrogen) atoms. The average Bonchev–Trinajstić information content (AvgIpc) is 2.03. The van der Waals surface area contributed by atoms with Crippen molar-refractivity contribution in [1.29, 1.82) is 0 Å². The van der Waals surface area contributed by atoms with Crippen molar-refractivity contribution >= 4 is 6.03 Å². The maximum absolute atomic E-state index is 11.0. The molecule has 1 spiro atoms. The van der Waals surface area contributed by atoms with Crippen LogP contribution in [0.5, 0.6) is 0 Å². The summed E-state index contributed by atoms with van der Waals surface area (Å²) < 4.78 is 0. The maximum Gasteiger partial charge on any atom is 0.315 e. The van der Waals surface area contributed by atoms with E-state index < -0.39 is 0 Å². The van der Waals surface area contributed by atoms with E-state index in [1.54, 1.807) is 0 Å². The van der Waals surface area contributed by atoms with Crippen molar-refractivity contribution in [3.63, 3.8) is 0 Å². The molecule has 2 rings (SSSR count). The second-order valence-electron chi connectivity index (χ2n) is 3.71. The Kier molecular flexibility index (Phi) is 1.72. The number of primary amides is 1. The molecule has 0 aliphatic carbocycles. The third kappa shape index (κ3) is 0.982. The summed E-state index contributed by atoms with van der Waals surface area (Å²) in [5, 5.41) is 3.29. The molecular formula is C8H15N3O. The number of likely N-dealkylation sites (tertiary alicyclic amines) is 1. The summed E-state index contributed by atoms with van der Waals surface area (Å²) in [5.41, 5.74) is 5.41. The predicted molar refractivity (Wildman–Crippen MR) is 45.7 cm³/mol. The third-order valence-electron chi connectivity index (χ3n) is 3.17. The number of piperidine rings is 1. The van der Waals surface area contributed by atoms with Crippen LogP contribution in [0, 0.1) is 0 Å². The van der Waals surface area contributed by atoms with Crippen molar-refractivity contribution in [3.05, 3.63) is 0 Å². The minimum Gasteiger partial charge on any atom is -0.351 e. The number of amides is 2. The van der Waals surface area contributed by atoms with E-state index in [0.29, 0.717) is 0 Å². The van der Waals surface area contributed by atoms with Gasteiger partial charge in [-0.3, -0.25) is 0 Å². The summed E-state index contributed by atoms with van der Waals surface area (Å²) in [4.78, 5) is 12.8. The highest BCUT2D eigenvalue weighted by molar-refractivity contribution is 5.74. The number of carbonyl (C=O) groups is 1. The second-order valence-corrected chi connectivity index (χ2v) is 3.71. The summed E-state index contributed by atoms with van der Waals surface area (Å²) in [6, 6.07) is -0.247. The quantitative estimate of drug-likeness (QED) is 0.531. The molecule has 3 N–H and O–H groups in total. The molecule has 0 radical (unpaired) electrons. The van der Waals surface area contributed by atoms with Crippen molar-refractivity contribution < 1.29 is 4.79 Å². The minimum absolute atomic E-state index is 0.136. The van der Waals surface area contributed by atoms with E-state index in [1.807, 2.05) is 4.90 Å². The molecule has 2 amide bonds. The van der Waals surface area contributed by atoms with E-state index in [1.165, 1.54) is 0 Å². The highest BCUT2D eigenvalue weighted by Gasteiger charge is 2.46. The van der Waals surface area contributed by atoms with Crippen LogP contribution in [0.3, 0.4) is 0 Å². The van der Waals surface area contributed by atoms with Gasteiger partial charge in [0.05, 0.1) is 0 Å². The third-order valence-corrected chi connectivity index (χ3v) is 3.17. The smallest absolute Gasteiger partial charge is 0.315 e. The largest absolute Gasteiger partial charge is 0.351 e. The van der Waals surface area contributed by atoms with E-state index in [-0.39, 0.29) is 11.6 Å². The molecule has 2 saturated heterocycles. The number of hydrogen-bond acceptors (Lipinski definition) is 2. The molecule has 0 aromatic heterocycles. The van der Waals surface area contributed by atoms with E-state index in [2.05, 4.69) is 5.32 Å². The Morgan fingerprint density at radius 2 is 2.00 bits per heavy atom. The summed E-state index contributed by atoms with van der Waals surface area (Å²) in [7, 11) is 0. The first-order chi connectivity index (χ1) is 5.75. The van der Waals surface area contributed by atoms with Gasteiger partial charge in [0, 0.05) is 12.1 Å². The normalized spacial score (nSPS) is 26.8. The number of nitrogens with two attached hydrogens (primary N) is 1. The van der Waals surface area contributed by atoms with E-state index in [9.17, 15) is 4.79 Å². The number of nitrogens with zero attached hydrogens (tertiary/aromatic N) is 1. The molecule has 2 aliphatic heterocycles. The first-order valence-corrected chi connectivity index (χ1v) is 4.52. The van der Waals surface area contributed by atoms with Crippen molar-refractivity contribution in [3.8, 4) is 0 Å². The van der Waals surface area contributed by atoms with Crippen LogP contribution >= 0.6 is 0 Å². The summed E-state index contributed by atoms with van der Waals surface area (Å²) >= 11 is 0. The highest BCUT2D eigenvalue weighted by atomic mass is 16.2. The van der Waals surface area contributed by atoms with Gasteiger partial charge < -0.3 is 16.0 Å². The van der Waals surface area contributed by atoms with Gasteiger partial charge in [-0.1, -0.05) is 0 Å². The molecule has 0 aromatic carbocycles. The average molecular weight is 169 g/mol. The Bertz CT molecular complexity index is 198. The molecule has 0 aromatic rings. The van der Waals surface area contributed by atoms with Crippen molar-refractivity contribution in [2.75, 3.05) is 19.6 Å². The lowest BCUT2D eigenvalue weighted by Crippen LogP contribution is -2.66. The minimum atomic E-state index is -0.247. The fraction of sp³-hybridized carbons (Fsp3) is 0.875. The Hall–Kier alpha value is -0.770. The number of urea groups is 1. The lowest BCUT2D eigenvalue weighted by Gasteiger charge is -2.54. The number of hydrogen-bond donors (Lipinski definition) is 2. The van der Waals surface area contributed by atoms with Gasteiger partial charge in [-0.2, -0.15) is 0 Å². The standard InChI is InChI=1S/C8H15N3O/c9-7(12)11-6-3-8(11)1-4-10-5-2-8/h10H,1-6H2,(H2,9,12). The topological polar surface area (TPSA) is 58.4 Å². The Labute approximate surface area is 72.1 Å². The van der Waals surface area contributed by atoms with Crippen molar-refractivity contribution in [2.45, 2.75) is 24.8 Å². The van der Waals surface area contributed by atoms with Gasteiger partial charge in [-0.15, -0.1) is 0 Å². The van der Waals surface area contributed by atoms with E-state index in [4.69, 9.17) is 5.73 Å². The van der Waals surface area contributed by atoms with Gasteiger partial charge in [0.15, 0.2) is 0 Å². The van der Waals surface area contributed by atoms with E-state index in [0.717, 1.165) is 38.9 Å². The second kappa shape index (κ2) is 2.62. The van der Waals surface area contributed by atoms with Crippen LogP contribution in [0.1, 0.15) is 19.3 Å². The predicted octanol–water partition coefficient (Wildman–Crippen LogP) is -0.107. The molecule has 0 atom stereocenters. The van der Waals surface area contributed by atoms with Crippen LogP contribution in [0.2, 0.25) is 0 Å². The Balaban J connectivity index is 2.05.